The Morgan fingerprint density at radius 3 is 2.74 bits per heavy atom. The molecule has 0 aliphatic heterocycles. The summed E-state index contributed by atoms with van der Waals surface area (Å²) in [4.78, 5) is 3.91. The number of rotatable bonds is 3. The molecule has 0 saturated heterocycles. The highest BCUT2D eigenvalue weighted by Gasteiger charge is 2.30. The first kappa shape index (κ1) is 13.3. The van der Waals surface area contributed by atoms with Crippen molar-refractivity contribution in [2.24, 2.45) is 0 Å². The molecule has 0 atom stereocenters. The molecule has 0 aliphatic carbocycles. The fourth-order valence-electron chi connectivity index (χ4n) is 1.61. The zero-order chi connectivity index (χ0) is 14.0. The van der Waals surface area contributed by atoms with E-state index in [9.17, 15) is 13.2 Å². The molecule has 0 fully saturated rings. The number of nitrogens with zero attached hydrogens (tertiary/aromatic N) is 2. The molecule has 0 saturated carbocycles. The summed E-state index contributed by atoms with van der Waals surface area (Å²) in [5.41, 5.74) is 4.87. The number of hydrogen-bond donors (Lipinski definition) is 1. The summed E-state index contributed by atoms with van der Waals surface area (Å²) in [6, 6.07) is 4.78. The fraction of sp³-hybridized carbons (Fsp3) is 0.250. The van der Waals surface area contributed by atoms with Gasteiger partial charge in [-0.1, -0.05) is 6.07 Å². The zero-order valence-corrected chi connectivity index (χ0v) is 10.1. The minimum atomic E-state index is -4.40. The number of imidazole rings is 1. The maximum atomic E-state index is 12.6. The fourth-order valence-corrected chi connectivity index (χ4v) is 1.61. The van der Waals surface area contributed by atoms with Crippen molar-refractivity contribution in [2.75, 3.05) is 5.73 Å². The first-order chi connectivity index (χ1) is 8.91. The normalized spacial score (nSPS) is 11.6. The van der Waals surface area contributed by atoms with Gasteiger partial charge in [0, 0.05) is 6.54 Å². The van der Waals surface area contributed by atoms with Gasteiger partial charge in [-0.3, -0.25) is 4.57 Å². The Balaban J connectivity index is 2.29. The highest BCUT2D eigenvalue weighted by Crippen LogP contribution is 2.32. The molecule has 19 heavy (non-hydrogen) atoms. The zero-order valence-electron chi connectivity index (χ0n) is 10.1. The Morgan fingerprint density at radius 2 is 2.11 bits per heavy atom. The van der Waals surface area contributed by atoms with Gasteiger partial charge in [0.1, 0.15) is 11.6 Å². The van der Waals surface area contributed by atoms with Crippen LogP contribution in [-0.4, -0.2) is 9.55 Å². The molecule has 0 unspecified atom stereocenters. The molecule has 0 spiro atoms. The van der Waals surface area contributed by atoms with Gasteiger partial charge in [-0.15, -0.1) is 0 Å². The summed E-state index contributed by atoms with van der Waals surface area (Å²) in [6.07, 6.45) is -3.01. The van der Waals surface area contributed by atoms with Crippen molar-refractivity contribution in [2.45, 2.75) is 19.6 Å². The average Bonchev–Trinajstić information content (AvgIpc) is 2.69. The summed E-state index contributed by atoms with van der Waals surface area (Å²) in [6.45, 7) is 2.34. The standard InChI is InChI=1S/C12H12F3N3O/c1-2-18-10(16)7-17-11(18)19-9-5-3-4-8(6-9)12(13,14)15/h3-7H,2,16H2,1H3. The SMILES string of the molecule is CCn1c(N)cnc1Oc1cccc(C(F)(F)F)c1. The molecule has 7 heteroatoms. The Hall–Kier alpha value is -2.18. The van der Waals surface area contributed by atoms with Crippen LogP contribution in [-0.2, 0) is 12.7 Å². The van der Waals surface area contributed by atoms with E-state index >= 15 is 0 Å². The summed E-state index contributed by atoms with van der Waals surface area (Å²) in [5.74, 6) is 0.458. The van der Waals surface area contributed by atoms with E-state index in [4.69, 9.17) is 10.5 Å². The number of aromatic nitrogens is 2. The second kappa shape index (κ2) is 4.83. The number of halogens is 3. The molecule has 2 rings (SSSR count). The molecule has 102 valence electrons. The van der Waals surface area contributed by atoms with Crippen molar-refractivity contribution in [3.63, 3.8) is 0 Å². The van der Waals surface area contributed by atoms with Crippen LogP contribution >= 0.6 is 0 Å². The van der Waals surface area contributed by atoms with E-state index in [1.165, 1.54) is 18.3 Å². The summed E-state index contributed by atoms with van der Waals surface area (Å²) >= 11 is 0. The van der Waals surface area contributed by atoms with Gasteiger partial charge < -0.3 is 10.5 Å². The molecule has 1 heterocycles. The van der Waals surface area contributed by atoms with Gasteiger partial charge in [-0.2, -0.15) is 13.2 Å². The maximum Gasteiger partial charge on any atom is 0.416 e. The van der Waals surface area contributed by atoms with E-state index in [0.29, 0.717) is 12.4 Å². The summed E-state index contributed by atoms with van der Waals surface area (Å²) < 4.78 is 44.6. The lowest BCUT2D eigenvalue weighted by Crippen LogP contribution is -2.05. The Morgan fingerprint density at radius 1 is 1.37 bits per heavy atom. The largest absolute Gasteiger partial charge is 0.425 e. The third-order valence-electron chi connectivity index (χ3n) is 2.54. The average molecular weight is 271 g/mol. The highest BCUT2D eigenvalue weighted by molar-refractivity contribution is 5.35. The molecule has 0 amide bonds. The highest BCUT2D eigenvalue weighted by atomic mass is 19.4. The quantitative estimate of drug-likeness (QED) is 0.931. The van der Waals surface area contributed by atoms with Crippen LogP contribution in [0.3, 0.4) is 0 Å². The van der Waals surface area contributed by atoms with Crippen LogP contribution in [0.4, 0.5) is 19.0 Å². The number of ether oxygens (including phenoxy) is 1. The monoisotopic (exact) mass is 271 g/mol. The summed E-state index contributed by atoms with van der Waals surface area (Å²) in [5, 5.41) is 0. The molecular weight excluding hydrogens is 259 g/mol. The maximum absolute atomic E-state index is 12.6. The molecule has 0 aliphatic rings. The number of hydrogen-bond acceptors (Lipinski definition) is 3. The molecule has 1 aromatic heterocycles. The molecule has 4 nitrogen and oxygen atoms in total. The number of nitrogen functional groups attached to an aromatic ring is 1. The van der Waals surface area contributed by atoms with E-state index < -0.39 is 11.7 Å². The molecule has 1 aromatic carbocycles. The van der Waals surface area contributed by atoms with Crippen molar-refractivity contribution < 1.29 is 17.9 Å². The van der Waals surface area contributed by atoms with E-state index in [-0.39, 0.29) is 11.8 Å². The lowest BCUT2D eigenvalue weighted by molar-refractivity contribution is -0.137. The van der Waals surface area contributed by atoms with Gasteiger partial charge in [0.2, 0.25) is 0 Å². The molecule has 2 N–H and O–H groups in total. The molecular formula is C12H12F3N3O. The molecule has 0 radical (unpaired) electrons. The van der Waals surface area contributed by atoms with Gasteiger partial charge in [0.25, 0.3) is 0 Å². The second-order valence-electron chi connectivity index (χ2n) is 3.84. The van der Waals surface area contributed by atoms with Gasteiger partial charge in [0.05, 0.1) is 11.8 Å². The number of alkyl halides is 3. The van der Waals surface area contributed by atoms with Crippen LogP contribution < -0.4 is 10.5 Å². The molecule has 2 aromatic rings. The van der Waals surface area contributed by atoms with Crippen molar-refractivity contribution in [3.8, 4) is 11.8 Å². The van der Waals surface area contributed by atoms with Gasteiger partial charge >= 0.3 is 12.2 Å². The van der Waals surface area contributed by atoms with Crippen LogP contribution in [0.25, 0.3) is 0 Å². The third-order valence-corrected chi connectivity index (χ3v) is 2.54. The number of nitrogens with two attached hydrogens (primary N) is 1. The van der Waals surface area contributed by atoms with Crippen molar-refractivity contribution in [3.05, 3.63) is 36.0 Å². The van der Waals surface area contributed by atoms with Gasteiger partial charge in [-0.05, 0) is 25.1 Å². The smallest absolute Gasteiger partial charge is 0.416 e. The third kappa shape index (κ3) is 2.81. The Bertz CT molecular complexity index is 578. The van der Waals surface area contributed by atoms with E-state index in [0.717, 1.165) is 12.1 Å². The first-order valence-corrected chi connectivity index (χ1v) is 5.58. The van der Waals surface area contributed by atoms with Crippen LogP contribution in [0.15, 0.2) is 30.5 Å². The lowest BCUT2D eigenvalue weighted by atomic mass is 10.2. The Kier molecular flexibility index (Phi) is 3.37. The summed E-state index contributed by atoms with van der Waals surface area (Å²) in [7, 11) is 0. The second-order valence-corrected chi connectivity index (χ2v) is 3.84. The van der Waals surface area contributed by atoms with E-state index in [1.807, 2.05) is 6.92 Å². The van der Waals surface area contributed by atoms with E-state index in [2.05, 4.69) is 4.98 Å². The Labute approximate surface area is 107 Å². The van der Waals surface area contributed by atoms with Crippen LogP contribution in [0, 0.1) is 0 Å². The van der Waals surface area contributed by atoms with Crippen molar-refractivity contribution in [1.29, 1.82) is 0 Å². The first-order valence-electron chi connectivity index (χ1n) is 5.58. The molecule has 0 bridgehead atoms. The predicted octanol–water partition coefficient (Wildman–Crippen LogP) is 3.30. The number of anilines is 1. The van der Waals surface area contributed by atoms with Crippen molar-refractivity contribution >= 4 is 5.82 Å². The van der Waals surface area contributed by atoms with Crippen molar-refractivity contribution in [1.82, 2.24) is 9.55 Å². The lowest BCUT2D eigenvalue weighted by Gasteiger charge is -2.10. The minimum absolute atomic E-state index is 0.0649. The van der Waals surface area contributed by atoms with E-state index in [1.54, 1.807) is 4.57 Å². The minimum Gasteiger partial charge on any atom is -0.425 e. The van der Waals surface area contributed by atoms with Crippen LogP contribution in [0.1, 0.15) is 12.5 Å². The van der Waals surface area contributed by atoms with Crippen LogP contribution in [0.2, 0.25) is 0 Å². The topological polar surface area (TPSA) is 53.1 Å². The predicted molar refractivity (Wildman–Crippen MR) is 63.8 cm³/mol. The van der Waals surface area contributed by atoms with Crippen LogP contribution in [0.5, 0.6) is 11.8 Å². The van der Waals surface area contributed by atoms with Gasteiger partial charge in [0.15, 0.2) is 0 Å². The number of benzene rings is 1. The van der Waals surface area contributed by atoms with Gasteiger partial charge in [-0.25, -0.2) is 4.98 Å².